The summed E-state index contributed by atoms with van der Waals surface area (Å²) >= 11 is 5.65. The van der Waals surface area contributed by atoms with Crippen molar-refractivity contribution in [2.45, 2.75) is 26.3 Å². The van der Waals surface area contributed by atoms with E-state index in [0.717, 1.165) is 11.3 Å². The smallest absolute Gasteiger partial charge is 0.211 e. The van der Waals surface area contributed by atoms with Gasteiger partial charge in [-0.3, -0.25) is 14.8 Å². The molecule has 0 saturated carbocycles. The topological polar surface area (TPSA) is 89.6 Å². The first kappa shape index (κ1) is 20.8. The van der Waals surface area contributed by atoms with E-state index in [4.69, 9.17) is 22.1 Å². The average Bonchev–Trinajstić information content (AvgIpc) is 2.60. The second kappa shape index (κ2) is 8.92. The van der Waals surface area contributed by atoms with Crippen LogP contribution in [-0.2, 0) is 15.1 Å². The summed E-state index contributed by atoms with van der Waals surface area (Å²) in [5, 5.41) is 3.18. The average molecular weight is 393 g/mol. The molecule has 27 heavy (non-hydrogen) atoms. The number of nitrogens with two attached hydrogens (primary N) is 1. The van der Waals surface area contributed by atoms with E-state index < -0.39 is 11.4 Å². The van der Waals surface area contributed by atoms with Crippen LogP contribution in [-0.4, -0.2) is 30.4 Å². The number of nitrogens with one attached hydrogen (secondary N) is 1. The highest BCUT2D eigenvalue weighted by atomic mass is 35.5. The minimum atomic E-state index is -0.868. The predicted octanol–water partition coefficient (Wildman–Crippen LogP) is 3.35. The minimum Gasteiger partial charge on any atom is -0.386 e. The fourth-order valence-corrected chi connectivity index (χ4v) is 2.79. The summed E-state index contributed by atoms with van der Waals surface area (Å²) < 4.78 is 19.2. The number of ether oxygens (including phenoxy) is 1. The minimum absolute atomic E-state index is 0.245. The van der Waals surface area contributed by atoms with Gasteiger partial charge in [0.1, 0.15) is 23.8 Å². The third-order valence-corrected chi connectivity index (χ3v) is 4.31. The van der Waals surface area contributed by atoms with Crippen LogP contribution in [0.5, 0.6) is 0 Å². The van der Waals surface area contributed by atoms with Gasteiger partial charge in [0, 0.05) is 23.1 Å². The van der Waals surface area contributed by atoms with E-state index >= 15 is 0 Å². The molecule has 0 aliphatic carbocycles. The fraction of sp³-hybridized carbons (Fsp3) is 0.316. The standard InChI is InChI=1S/C12H14FN3O2.C7H8ClN/c1-12(6-18-5-11(14)16-12)9-4-8(15-7-17)2-3-10(9)13;1-5-3-7(8)4-9-6(5)2/h2-4,7H,5-6H2,1H3,(H2,14,16)(H,15,17);3-4H,1-2H3. The van der Waals surface area contributed by atoms with Gasteiger partial charge in [-0.15, -0.1) is 0 Å². The first-order chi connectivity index (χ1) is 12.7. The lowest BCUT2D eigenvalue weighted by Gasteiger charge is -2.30. The highest BCUT2D eigenvalue weighted by Gasteiger charge is 2.32. The third-order valence-electron chi connectivity index (χ3n) is 4.10. The van der Waals surface area contributed by atoms with Crippen LogP contribution in [0, 0.1) is 19.7 Å². The quantitative estimate of drug-likeness (QED) is 0.784. The van der Waals surface area contributed by atoms with Crippen molar-refractivity contribution in [1.82, 2.24) is 4.98 Å². The molecule has 0 fully saturated rings. The third kappa shape index (κ3) is 5.48. The number of anilines is 1. The number of nitrogens with zero attached hydrogens (tertiary/aromatic N) is 2. The molecule has 1 aliphatic heterocycles. The van der Waals surface area contributed by atoms with E-state index in [1.54, 1.807) is 13.1 Å². The molecule has 144 valence electrons. The molecule has 0 bridgehead atoms. The van der Waals surface area contributed by atoms with Crippen LogP contribution >= 0.6 is 11.6 Å². The predicted molar refractivity (Wildman–Crippen MR) is 105 cm³/mol. The zero-order valence-electron chi connectivity index (χ0n) is 15.4. The zero-order chi connectivity index (χ0) is 20.0. The van der Waals surface area contributed by atoms with Crippen molar-refractivity contribution < 1.29 is 13.9 Å². The molecular formula is C19H22ClFN4O2. The Bertz CT molecular complexity index is 860. The molecule has 0 radical (unpaired) electrons. The summed E-state index contributed by atoms with van der Waals surface area (Å²) in [4.78, 5) is 18.7. The molecule has 1 atom stereocenters. The molecule has 1 aromatic heterocycles. The summed E-state index contributed by atoms with van der Waals surface area (Å²) in [6, 6.07) is 6.21. The van der Waals surface area contributed by atoms with Gasteiger partial charge < -0.3 is 15.8 Å². The van der Waals surface area contributed by atoms with Crippen LogP contribution in [0.2, 0.25) is 5.02 Å². The Morgan fingerprint density at radius 2 is 2.11 bits per heavy atom. The van der Waals surface area contributed by atoms with Gasteiger partial charge in [-0.1, -0.05) is 11.6 Å². The summed E-state index contributed by atoms with van der Waals surface area (Å²) in [6.45, 7) is 6.20. The van der Waals surface area contributed by atoms with Crippen molar-refractivity contribution in [3.05, 3.63) is 58.1 Å². The van der Waals surface area contributed by atoms with Crippen LogP contribution in [0.1, 0.15) is 23.7 Å². The van der Waals surface area contributed by atoms with Gasteiger partial charge in [-0.25, -0.2) is 4.39 Å². The van der Waals surface area contributed by atoms with Crippen molar-refractivity contribution in [2.24, 2.45) is 10.7 Å². The molecule has 1 aliphatic rings. The van der Waals surface area contributed by atoms with Gasteiger partial charge in [0.15, 0.2) is 0 Å². The van der Waals surface area contributed by atoms with Crippen LogP contribution < -0.4 is 11.1 Å². The molecule has 3 rings (SSSR count). The maximum Gasteiger partial charge on any atom is 0.211 e. The van der Waals surface area contributed by atoms with E-state index in [-0.39, 0.29) is 13.2 Å². The lowest BCUT2D eigenvalue weighted by atomic mass is 9.92. The maximum absolute atomic E-state index is 13.9. The first-order valence-electron chi connectivity index (χ1n) is 8.26. The Morgan fingerprint density at radius 1 is 1.37 bits per heavy atom. The number of carbonyl (C=O) groups is 1. The largest absolute Gasteiger partial charge is 0.386 e. The Kier molecular flexibility index (Phi) is 6.87. The van der Waals surface area contributed by atoms with E-state index in [0.29, 0.717) is 28.5 Å². The molecule has 0 spiro atoms. The Labute approximate surface area is 162 Å². The number of aliphatic imine (C=N–C) groups is 1. The SMILES string of the molecule is CC1(c2cc(NC=O)ccc2F)COCC(N)=N1.Cc1cc(Cl)cnc1C. The summed E-state index contributed by atoms with van der Waals surface area (Å²) in [7, 11) is 0. The van der Waals surface area contributed by atoms with Gasteiger partial charge in [0.05, 0.1) is 11.6 Å². The second-order valence-corrected chi connectivity index (χ2v) is 6.82. The maximum atomic E-state index is 13.9. The molecule has 1 unspecified atom stereocenters. The van der Waals surface area contributed by atoms with Gasteiger partial charge >= 0.3 is 0 Å². The Morgan fingerprint density at radius 3 is 2.70 bits per heavy atom. The number of aryl methyl sites for hydroxylation is 2. The number of amides is 1. The van der Waals surface area contributed by atoms with Gasteiger partial charge in [-0.2, -0.15) is 0 Å². The number of halogens is 2. The molecule has 3 N–H and O–H groups in total. The molecule has 1 aromatic carbocycles. The Balaban J connectivity index is 0.000000244. The number of hydrogen-bond donors (Lipinski definition) is 2. The summed E-state index contributed by atoms with van der Waals surface area (Å²) in [6.07, 6.45) is 2.19. The van der Waals surface area contributed by atoms with Crippen LogP contribution in [0.15, 0.2) is 35.5 Å². The summed E-state index contributed by atoms with van der Waals surface area (Å²) in [5.41, 5.74) is 7.79. The van der Waals surface area contributed by atoms with E-state index in [2.05, 4.69) is 15.3 Å². The summed E-state index contributed by atoms with van der Waals surface area (Å²) in [5.74, 6) is -0.0760. The number of hydrogen-bond acceptors (Lipinski definition) is 5. The molecule has 1 amide bonds. The van der Waals surface area contributed by atoms with Crippen molar-refractivity contribution >= 4 is 29.5 Å². The zero-order valence-corrected chi connectivity index (χ0v) is 16.2. The van der Waals surface area contributed by atoms with Crippen molar-refractivity contribution in [1.29, 1.82) is 0 Å². The van der Waals surface area contributed by atoms with E-state index in [9.17, 15) is 9.18 Å². The molecule has 6 nitrogen and oxygen atoms in total. The van der Waals surface area contributed by atoms with Crippen LogP contribution in [0.25, 0.3) is 0 Å². The Hall–Kier alpha value is -2.51. The van der Waals surface area contributed by atoms with Crippen LogP contribution in [0.4, 0.5) is 10.1 Å². The molecule has 2 aromatic rings. The number of amidine groups is 1. The fourth-order valence-electron chi connectivity index (χ4n) is 2.58. The first-order valence-corrected chi connectivity index (χ1v) is 8.64. The monoisotopic (exact) mass is 392 g/mol. The number of carbonyl (C=O) groups excluding carboxylic acids is 1. The van der Waals surface area contributed by atoms with Gasteiger partial charge in [0.2, 0.25) is 6.41 Å². The molecule has 8 heteroatoms. The van der Waals surface area contributed by atoms with E-state index in [1.807, 2.05) is 19.9 Å². The van der Waals surface area contributed by atoms with Crippen molar-refractivity contribution in [3.63, 3.8) is 0 Å². The number of pyridine rings is 1. The molecule has 0 saturated heterocycles. The highest BCUT2D eigenvalue weighted by molar-refractivity contribution is 6.30. The number of rotatable bonds is 3. The highest BCUT2D eigenvalue weighted by Crippen LogP contribution is 2.32. The van der Waals surface area contributed by atoms with Crippen molar-refractivity contribution in [2.75, 3.05) is 18.5 Å². The van der Waals surface area contributed by atoms with Gasteiger partial charge in [0.25, 0.3) is 0 Å². The second-order valence-electron chi connectivity index (χ2n) is 6.38. The molecular weight excluding hydrogens is 371 g/mol. The van der Waals surface area contributed by atoms with E-state index in [1.165, 1.54) is 18.2 Å². The molecule has 2 heterocycles. The lowest BCUT2D eigenvalue weighted by molar-refractivity contribution is -0.105. The van der Waals surface area contributed by atoms with Gasteiger partial charge in [-0.05, 0) is 50.6 Å². The normalized spacial score (nSPS) is 18.8. The van der Waals surface area contributed by atoms with Crippen molar-refractivity contribution in [3.8, 4) is 0 Å². The number of benzene rings is 1. The lowest BCUT2D eigenvalue weighted by Crippen LogP contribution is -2.38. The number of aromatic nitrogens is 1. The van der Waals surface area contributed by atoms with Crippen LogP contribution in [0.3, 0.4) is 0 Å².